The van der Waals surface area contributed by atoms with Gasteiger partial charge >= 0.3 is 23.9 Å². The fourth-order valence-corrected chi connectivity index (χ4v) is 1.93. The maximum atomic E-state index is 11.9. The number of aliphatic carboxylic acids is 1. The maximum Gasteiger partial charge on any atom is 0.306 e. The molecule has 0 amide bonds. The Labute approximate surface area is 147 Å². The molecule has 8 nitrogen and oxygen atoms in total. The predicted octanol–water partition coefficient (Wildman–Crippen LogP) is 2.09. The van der Waals surface area contributed by atoms with Gasteiger partial charge in [0.1, 0.15) is 13.2 Å². The van der Waals surface area contributed by atoms with Crippen LogP contribution in [0.2, 0.25) is 0 Å². The van der Waals surface area contributed by atoms with Crippen LogP contribution in [0.1, 0.15) is 59.3 Å². The van der Waals surface area contributed by atoms with Crippen LogP contribution in [0.25, 0.3) is 0 Å². The predicted molar refractivity (Wildman–Crippen MR) is 87.6 cm³/mol. The lowest BCUT2D eigenvalue weighted by Crippen LogP contribution is -2.31. The first-order chi connectivity index (χ1) is 11.8. The minimum atomic E-state index is -1.00. The topological polar surface area (TPSA) is 116 Å². The molecule has 0 aromatic carbocycles. The Morgan fingerprint density at radius 3 is 1.72 bits per heavy atom. The molecule has 1 N–H and O–H groups in total. The molecule has 0 aliphatic heterocycles. The van der Waals surface area contributed by atoms with E-state index in [0.29, 0.717) is 12.8 Å². The van der Waals surface area contributed by atoms with Crippen molar-refractivity contribution >= 4 is 23.9 Å². The molecule has 1 atom stereocenters. The highest BCUT2D eigenvalue weighted by molar-refractivity contribution is 5.72. The minimum Gasteiger partial charge on any atom is -0.481 e. The first-order valence-electron chi connectivity index (χ1n) is 8.50. The third-order valence-corrected chi connectivity index (χ3v) is 3.10. The highest BCUT2D eigenvalue weighted by Crippen LogP contribution is 2.10. The average Bonchev–Trinajstić information content (AvgIpc) is 2.49. The van der Waals surface area contributed by atoms with E-state index in [9.17, 15) is 19.2 Å². The van der Waals surface area contributed by atoms with Crippen molar-refractivity contribution in [2.45, 2.75) is 65.4 Å². The molecule has 0 heterocycles. The third kappa shape index (κ3) is 12.9. The summed E-state index contributed by atoms with van der Waals surface area (Å²) in [7, 11) is 0. The van der Waals surface area contributed by atoms with E-state index < -0.39 is 35.9 Å². The molecule has 0 aromatic rings. The smallest absolute Gasteiger partial charge is 0.306 e. The van der Waals surface area contributed by atoms with Gasteiger partial charge in [0.2, 0.25) is 0 Å². The van der Waals surface area contributed by atoms with Gasteiger partial charge < -0.3 is 19.3 Å². The van der Waals surface area contributed by atoms with Gasteiger partial charge in [-0.25, -0.2) is 0 Å². The van der Waals surface area contributed by atoms with Crippen LogP contribution in [0.15, 0.2) is 0 Å². The Kier molecular flexibility index (Phi) is 12.1. The molecule has 0 aliphatic carbocycles. The molecule has 0 saturated carbocycles. The lowest BCUT2D eigenvalue weighted by molar-refractivity contribution is -0.167. The molecule has 25 heavy (non-hydrogen) atoms. The number of rotatable bonds is 13. The van der Waals surface area contributed by atoms with E-state index in [-0.39, 0.29) is 38.9 Å². The van der Waals surface area contributed by atoms with E-state index in [0.717, 1.165) is 0 Å². The summed E-state index contributed by atoms with van der Waals surface area (Å²) in [5, 5.41) is 8.70. The van der Waals surface area contributed by atoms with Crippen molar-refractivity contribution in [3.05, 3.63) is 0 Å². The van der Waals surface area contributed by atoms with Crippen LogP contribution in [0.4, 0.5) is 0 Å². The Hall–Kier alpha value is -2.12. The van der Waals surface area contributed by atoms with Crippen molar-refractivity contribution in [2.24, 2.45) is 5.92 Å². The number of esters is 3. The number of carbonyl (C=O) groups excluding carboxylic acids is 3. The monoisotopic (exact) mass is 360 g/mol. The summed E-state index contributed by atoms with van der Waals surface area (Å²) in [6, 6.07) is 0. The molecule has 0 aliphatic rings. The van der Waals surface area contributed by atoms with Crippen LogP contribution >= 0.6 is 0 Å². The van der Waals surface area contributed by atoms with Gasteiger partial charge in [-0.05, 0) is 18.8 Å². The minimum absolute atomic E-state index is 0.0887. The molecular weight excluding hydrogens is 332 g/mol. The third-order valence-electron chi connectivity index (χ3n) is 3.10. The van der Waals surface area contributed by atoms with Crippen molar-refractivity contribution in [1.82, 2.24) is 0 Å². The Balaban J connectivity index is 4.53. The molecule has 144 valence electrons. The molecule has 0 saturated heterocycles. The molecular formula is C17H28O8. The maximum absolute atomic E-state index is 11.9. The van der Waals surface area contributed by atoms with E-state index >= 15 is 0 Å². The molecule has 0 bridgehead atoms. The molecule has 0 spiro atoms. The first-order valence-corrected chi connectivity index (χ1v) is 8.50. The van der Waals surface area contributed by atoms with Crippen LogP contribution in [0.5, 0.6) is 0 Å². The lowest BCUT2D eigenvalue weighted by atomic mass is 10.0. The van der Waals surface area contributed by atoms with Crippen molar-refractivity contribution < 1.29 is 38.5 Å². The lowest BCUT2D eigenvalue weighted by Gasteiger charge is -2.19. The number of ether oxygens (including phenoxy) is 3. The van der Waals surface area contributed by atoms with Crippen LogP contribution in [-0.4, -0.2) is 48.3 Å². The largest absolute Gasteiger partial charge is 0.481 e. The molecule has 8 heteroatoms. The van der Waals surface area contributed by atoms with Gasteiger partial charge in [-0.2, -0.15) is 0 Å². The van der Waals surface area contributed by atoms with Crippen LogP contribution in [0, 0.1) is 5.92 Å². The molecule has 0 aromatic heterocycles. The second-order valence-corrected chi connectivity index (χ2v) is 5.89. The summed E-state index contributed by atoms with van der Waals surface area (Å²) in [6.07, 6.45) is 0.581. The summed E-state index contributed by atoms with van der Waals surface area (Å²) in [4.78, 5) is 45.4. The normalized spacial score (nSPS) is 11.7. The second-order valence-electron chi connectivity index (χ2n) is 5.89. The number of hydrogen-bond acceptors (Lipinski definition) is 7. The standard InChI is InChI=1S/C17H28O8/c1-4-6-15(20)23-10-13(11-24-16(21)7-5-2)25-17(22)9-12(3)8-14(18)19/h12-13H,4-11H2,1-3H3,(H,18,19). The molecule has 0 radical (unpaired) electrons. The van der Waals surface area contributed by atoms with Crippen molar-refractivity contribution in [2.75, 3.05) is 13.2 Å². The Morgan fingerprint density at radius 1 is 0.840 bits per heavy atom. The van der Waals surface area contributed by atoms with Gasteiger partial charge in [-0.1, -0.05) is 20.8 Å². The average molecular weight is 360 g/mol. The Bertz CT molecular complexity index is 424. The number of carboxylic acid groups (broad SMARTS) is 1. The summed E-state index contributed by atoms with van der Waals surface area (Å²) in [6.45, 7) is 4.85. The van der Waals surface area contributed by atoms with Crippen molar-refractivity contribution in [3.63, 3.8) is 0 Å². The zero-order chi connectivity index (χ0) is 19.2. The fraction of sp³-hybridized carbons (Fsp3) is 0.765. The number of carboxylic acids is 1. The summed E-state index contributed by atoms with van der Waals surface area (Å²) >= 11 is 0. The zero-order valence-electron chi connectivity index (χ0n) is 15.1. The highest BCUT2D eigenvalue weighted by Gasteiger charge is 2.21. The fourth-order valence-electron chi connectivity index (χ4n) is 1.93. The van der Waals surface area contributed by atoms with Crippen LogP contribution in [-0.2, 0) is 33.4 Å². The second kappa shape index (κ2) is 13.2. The summed E-state index contributed by atoms with van der Waals surface area (Å²) < 4.78 is 15.2. The van der Waals surface area contributed by atoms with Crippen molar-refractivity contribution in [3.8, 4) is 0 Å². The van der Waals surface area contributed by atoms with E-state index in [1.165, 1.54) is 0 Å². The van der Waals surface area contributed by atoms with Gasteiger partial charge in [0.15, 0.2) is 6.10 Å². The van der Waals surface area contributed by atoms with Gasteiger partial charge in [0.25, 0.3) is 0 Å². The van der Waals surface area contributed by atoms with Crippen molar-refractivity contribution in [1.29, 1.82) is 0 Å². The number of carbonyl (C=O) groups is 4. The van der Waals surface area contributed by atoms with E-state index in [1.54, 1.807) is 6.92 Å². The van der Waals surface area contributed by atoms with Gasteiger partial charge in [-0.15, -0.1) is 0 Å². The van der Waals surface area contributed by atoms with Crippen LogP contribution in [0.3, 0.4) is 0 Å². The molecule has 0 rings (SSSR count). The highest BCUT2D eigenvalue weighted by atomic mass is 16.6. The zero-order valence-corrected chi connectivity index (χ0v) is 15.1. The van der Waals surface area contributed by atoms with Gasteiger partial charge in [-0.3, -0.25) is 19.2 Å². The quantitative estimate of drug-likeness (QED) is 0.392. The Morgan fingerprint density at radius 2 is 1.32 bits per heavy atom. The SMILES string of the molecule is CCCC(=O)OCC(COC(=O)CCC)OC(=O)CC(C)CC(=O)O. The molecule has 0 fully saturated rings. The molecule has 1 unspecified atom stereocenters. The van der Waals surface area contributed by atoms with Gasteiger partial charge in [0.05, 0.1) is 0 Å². The van der Waals surface area contributed by atoms with Crippen LogP contribution < -0.4 is 0 Å². The van der Waals surface area contributed by atoms with Gasteiger partial charge in [0, 0.05) is 25.7 Å². The van der Waals surface area contributed by atoms with E-state index in [2.05, 4.69) is 0 Å². The first kappa shape index (κ1) is 22.9. The number of hydrogen-bond donors (Lipinski definition) is 1. The van der Waals surface area contributed by atoms with E-state index in [1.807, 2.05) is 13.8 Å². The van der Waals surface area contributed by atoms with E-state index in [4.69, 9.17) is 19.3 Å². The summed E-state index contributed by atoms with van der Waals surface area (Å²) in [5.74, 6) is -2.88. The summed E-state index contributed by atoms with van der Waals surface area (Å²) in [5.41, 5.74) is 0.